The molecule has 0 bridgehead atoms. The molecular formula is C26H31N3O4. The van der Waals surface area contributed by atoms with Gasteiger partial charge in [0.1, 0.15) is 5.75 Å². The van der Waals surface area contributed by atoms with Crippen LogP contribution in [0.3, 0.4) is 0 Å². The maximum atomic E-state index is 13.0. The molecule has 0 radical (unpaired) electrons. The number of likely N-dealkylation sites (tertiary alicyclic amines) is 1. The number of aryl methyl sites for hydroxylation is 1. The number of carbonyl (C=O) groups is 2. The van der Waals surface area contributed by atoms with Gasteiger partial charge in [-0.1, -0.05) is 42.0 Å². The molecule has 4 rings (SSSR count). The lowest BCUT2D eigenvalue weighted by Gasteiger charge is -2.31. The number of rotatable bonds is 7. The van der Waals surface area contributed by atoms with Crippen LogP contribution in [0, 0.1) is 6.92 Å². The van der Waals surface area contributed by atoms with Gasteiger partial charge in [-0.25, -0.2) is 9.59 Å². The molecule has 2 atom stereocenters. The molecule has 7 heteroatoms. The molecule has 0 aliphatic carbocycles. The van der Waals surface area contributed by atoms with Crippen LogP contribution in [0.1, 0.15) is 42.0 Å². The molecule has 1 fully saturated rings. The Bertz CT molecular complexity index is 1030. The van der Waals surface area contributed by atoms with Crippen molar-refractivity contribution in [2.24, 2.45) is 0 Å². The molecule has 0 spiro atoms. The van der Waals surface area contributed by atoms with Crippen molar-refractivity contribution in [2.45, 2.75) is 32.2 Å². The van der Waals surface area contributed by atoms with E-state index in [1.165, 1.54) is 11.1 Å². The summed E-state index contributed by atoms with van der Waals surface area (Å²) in [5.74, 6) is 0.724. The predicted octanol–water partition coefficient (Wildman–Crippen LogP) is 3.66. The lowest BCUT2D eigenvalue weighted by atomic mass is 9.95. The molecule has 0 saturated carbocycles. The van der Waals surface area contributed by atoms with Crippen molar-refractivity contribution in [2.75, 3.05) is 33.4 Å². The molecule has 2 aromatic carbocycles. The summed E-state index contributed by atoms with van der Waals surface area (Å²) in [6.45, 7) is 6.39. The first-order valence-electron chi connectivity index (χ1n) is 11.4. The standard InChI is InChI=1S/C26H31N3O4/c1-4-33-25(30)23-22(16-29-14-13-20(15-29)18-7-5-17(2)6-8-18)27-26(31)28-24(23)19-9-11-21(32-3)12-10-19/h5-12,20,24H,4,13-16H2,1-3H3,(H2,27,28,31). The first-order valence-corrected chi connectivity index (χ1v) is 11.4. The van der Waals surface area contributed by atoms with E-state index in [1.54, 1.807) is 14.0 Å². The van der Waals surface area contributed by atoms with Crippen molar-refractivity contribution in [3.8, 4) is 5.75 Å². The molecule has 7 nitrogen and oxygen atoms in total. The zero-order valence-corrected chi connectivity index (χ0v) is 19.4. The number of carbonyl (C=O) groups excluding carboxylic acids is 2. The average molecular weight is 450 g/mol. The normalized spacial score (nSPS) is 20.9. The minimum atomic E-state index is -0.589. The number of amides is 2. The van der Waals surface area contributed by atoms with Crippen molar-refractivity contribution >= 4 is 12.0 Å². The van der Waals surface area contributed by atoms with Crippen LogP contribution >= 0.6 is 0 Å². The van der Waals surface area contributed by atoms with Crippen molar-refractivity contribution in [3.05, 3.63) is 76.5 Å². The van der Waals surface area contributed by atoms with Gasteiger partial charge in [-0.3, -0.25) is 4.90 Å². The summed E-state index contributed by atoms with van der Waals surface area (Å²) in [4.78, 5) is 27.8. The zero-order valence-electron chi connectivity index (χ0n) is 19.4. The molecule has 2 N–H and O–H groups in total. The highest BCUT2D eigenvalue weighted by molar-refractivity contribution is 5.95. The van der Waals surface area contributed by atoms with Crippen molar-refractivity contribution in [1.29, 1.82) is 0 Å². The van der Waals surface area contributed by atoms with Gasteiger partial charge in [-0.05, 0) is 56.0 Å². The van der Waals surface area contributed by atoms with E-state index in [2.05, 4.69) is 46.7 Å². The first kappa shape index (κ1) is 22.9. The third kappa shape index (κ3) is 5.20. The fourth-order valence-corrected chi connectivity index (χ4v) is 4.55. The Kier molecular flexibility index (Phi) is 6.99. The maximum Gasteiger partial charge on any atom is 0.338 e. The molecule has 33 heavy (non-hydrogen) atoms. The number of ether oxygens (including phenoxy) is 2. The SMILES string of the molecule is CCOC(=O)C1=C(CN2CCC(c3ccc(C)cc3)C2)NC(=O)NC1c1ccc(OC)cc1. The Morgan fingerprint density at radius 2 is 1.79 bits per heavy atom. The summed E-state index contributed by atoms with van der Waals surface area (Å²) in [6.07, 6.45) is 1.04. The molecule has 174 valence electrons. The summed E-state index contributed by atoms with van der Waals surface area (Å²) >= 11 is 0. The van der Waals surface area contributed by atoms with Crippen LogP contribution in [-0.4, -0.2) is 50.3 Å². The van der Waals surface area contributed by atoms with Gasteiger partial charge in [-0.2, -0.15) is 0 Å². The van der Waals surface area contributed by atoms with Crippen molar-refractivity contribution in [3.63, 3.8) is 0 Å². The van der Waals surface area contributed by atoms with Gasteiger partial charge < -0.3 is 20.1 Å². The van der Waals surface area contributed by atoms with Crippen molar-refractivity contribution < 1.29 is 19.1 Å². The quantitative estimate of drug-likeness (QED) is 0.631. The fourth-order valence-electron chi connectivity index (χ4n) is 4.55. The molecule has 2 amide bonds. The Hall–Kier alpha value is -3.32. The van der Waals surface area contributed by atoms with Crippen LogP contribution < -0.4 is 15.4 Å². The number of hydrogen-bond donors (Lipinski definition) is 2. The minimum absolute atomic E-state index is 0.262. The van der Waals surface area contributed by atoms with E-state index in [9.17, 15) is 9.59 Å². The van der Waals surface area contributed by atoms with Gasteiger partial charge >= 0.3 is 12.0 Å². The van der Waals surface area contributed by atoms with Crippen LogP contribution in [0.15, 0.2) is 59.8 Å². The lowest BCUT2D eigenvalue weighted by molar-refractivity contribution is -0.139. The number of esters is 1. The van der Waals surface area contributed by atoms with Crippen LogP contribution in [0.5, 0.6) is 5.75 Å². The Morgan fingerprint density at radius 1 is 1.09 bits per heavy atom. The second kappa shape index (κ2) is 10.1. The maximum absolute atomic E-state index is 13.0. The highest BCUT2D eigenvalue weighted by Crippen LogP contribution is 2.32. The second-order valence-corrected chi connectivity index (χ2v) is 8.55. The van der Waals surface area contributed by atoms with Crippen LogP contribution in [-0.2, 0) is 9.53 Å². The smallest absolute Gasteiger partial charge is 0.338 e. The Balaban J connectivity index is 1.60. The van der Waals surface area contributed by atoms with Crippen molar-refractivity contribution in [1.82, 2.24) is 15.5 Å². The lowest BCUT2D eigenvalue weighted by Crippen LogP contribution is -2.48. The number of urea groups is 1. The fraction of sp³-hybridized carbons (Fsp3) is 0.385. The summed E-state index contributed by atoms with van der Waals surface area (Å²) in [6, 6.07) is 15.1. The molecule has 0 aromatic heterocycles. The molecule has 2 heterocycles. The molecule has 2 unspecified atom stereocenters. The summed E-state index contributed by atoms with van der Waals surface area (Å²) in [5, 5.41) is 5.77. The average Bonchev–Trinajstić information content (AvgIpc) is 3.27. The Labute approximate surface area is 194 Å². The van der Waals surface area contributed by atoms with E-state index in [0.717, 1.165) is 25.1 Å². The number of hydrogen-bond acceptors (Lipinski definition) is 5. The van der Waals surface area contributed by atoms with Crippen LogP contribution in [0.4, 0.5) is 4.79 Å². The topological polar surface area (TPSA) is 79.9 Å². The first-order chi connectivity index (χ1) is 16.0. The van der Waals surface area contributed by atoms with Gasteiger partial charge in [0.2, 0.25) is 0 Å². The molecule has 2 aliphatic rings. The molecular weight excluding hydrogens is 418 g/mol. The summed E-state index contributed by atoms with van der Waals surface area (Å²) < 4.78 is 10.6. The number of benzene rings is 2. The summed E-state index contributed by atoms with van der Waals surface area (Å²) in [5.41, 5.74) is 4.42. The van der Waals surface area contributed by atoms with E-state index in [4.69, 9.17) is 9.47 Å². The van der Waals surface area contributed by atoms with Gasteiger partial charge in [0.15, 0.2) is 0 Å². The van der Waals surface area contributed by atoms with E-state index >= 15 is 0 Å². The van der Waals surface area contributed by atoms with Gasteiger partial charge in [-0.15, -0.1) is 0 Å². The third-order valence-corrected chi connectivity index (χ3v) is 6.30. The van der Waals surface area contributed by atoms with E-state index in [0.29, 0.717) is 29.5 Å². The van der Waals surface area contributed by atoms with E-state index in [1.807, 2.05) is 24.3 Å². The van der Waals surface area contributed by atoms with Crippen LogP contribution in [0.2, 0.25) is 0 Å². The highest BCUT2D eigenvalue weighted by atomic mass is 16.5. The van der Waals surface area contributed by atoms with E-state index in [-0.39, 0.29) is 12.6 Å². The molecule has 2 aromatic rings. The minimum Gasteiger partial charge on any atom is -0.497 e. The van der Waals surface area contributed by atoms with Crippen LogP contribution in [0.25, 0.3) is 0 Å². The molecule has 2 aliphatic heterocycles. The zero-order chi connectivity index (χ0) is 23.4. The summed E-state index contributed by atoms with van der Waals surface area (Å²) in [7, 11) is 1.60. The molecule has 1 saturated heterocycles. The largest absolute Gasteiger partial charge is 0.497 e. The number of nitrogens with one attached hydrogen (secondary N) is 2. The van der Waals surface area contributed by atoms with Gasteiger partial charge in [0.25, 0.3) is 0 Å². The second-order valence-electron chi connectivity index (χ2n) is 8.55. The van der Waals surface area contributed by atoms with E-state index < -0.39 is 12.0 Å². The van der Waals surface area contributed by atoms with Gasteiger partial charge in [0.05, 0.1) is 25.3 Å². The predicted molar refractivity (Wildman–Crippen MR) is 126 cm³/mol. The number of methoxy groups -OCH3 is 1. The monoisotopic (exact) mass is 449 g/mol. The number of nitrogens with zero attached hydrogens (tertiary/aromatic N) is 1. The van der Waals surface area contributed by atoms with Gasteiger partial charge in [0, 0.05) is 18.8 Å². The third-order valence-electron chi connectivity index (χ3n) is 6.30. The highest BCUT2D eigenvalue weighted by Gasteiger charge is 2.35. The Morgan fingerprint density at radius 3 is 2.45 bits per heavy atom.